The van der Waals surface area contributed by atoms with Crippen LogP contribution in [0, 0.1) is 5.92 Å². The van der Waals surface area contributed by atoms with Crippen molar-refractivity contribution in [2.24, 2.45) is 5.92 Å². The van der Waals surface area contributed by atoms with Gasteiger partial charge in [-0.25, -0.2) is 0 Å². The van der Waals surface area contributed by atoms with E-state index in [2.05, 4.69) is 0 Å². The fourth-order valence-corrected chi connectivity index (χ4v) is 2.30. The number of hydrogen-bond acceptors (Lipinski definition) is 5. The van der Waals surface area contributed by atoms with Crippen molar-refractivity contribution in [3.63, 3.8) is 0 Å². The van der Waals surface area contributed by atoms with Gasteiger partial charge in [-0.3, -0.25) is 9.59 Å². The van der Waals surface area contributed by atoms with Gasteiger partial charge in [-0.05, 0) is 32.9 Å². The molecule has 1 atom stereocenters. The summed E-state index contributed by atoms with van der Waals surface area (Å²) in [6, 6.07) is 3.20. The van der Waals surface area contributed by atoms with Crippen molar-refractivity contribution in [2.75, 3.05) is 33.4 Å². The van der Waals surface area contributed by atoms with E-state index in [-0.39, 0.29) is 12.5 Å². The van der Waals surface area contributed by atoms with Gasteiger partial charge in [-0.15, -0.1) is 0 Å². The molecule has 1 aromatic carbocycles. The van der Waals surface area contributed by atoms with Gasteiger partial charge < -0.3 is 24.2 Å². The molecule has 1 unspecified atom stereocenters. The molecule has 1 rings (SSSR count). The van der Waals surface area contributed by atoms with E-state index in [1.165, 1.54) is 4.90 Å². The Labute approximate surface area is 148 Å². The molecule has 0 heterocycles. The van der Waals surface area contributed by atoms with E-state index in [1.54, 1.807) is 26.1 Å². The van der Waals surface area contributed by atoms with Crippen LogP contribution in [0.15, 0.2) is 12.1 Å². The van der Waals surface area contributed by atoms with Crippen LogP contribution in [0.25, 0.3) is 0 Å². The molecule has 0 bridgehead atoms. The van der Waals surface area contributed by atoms with Crippen molar-refractivity contribution < 1.29 is 28.9 Å². The van der Waals surface area contributed by atoms with Crippen molar-refractivity contribution in [1.29, 1.82) is 0 Å². The summed E-state index contributed by atoms with van der Waals surface area (Å²) in [4.78, 5) is 25.0. The fourth-order valence-electron chi connectivity index (χ4n) is 2.30. The lowest BCUT2D eigenvalue weighted by Gasteiger charge is -2.21. The highest BCUT2D eigenvalue weighted by atomic mass is 16.5. The van der Waals surface area contributed by atoms with Crippen molar-refractivity contribution in [2.45, 2.75) is 27.7 Å². The smallest absolute Gasteiger partial charge is 0.308 e. The van der Waals surface area contributed by atoms with E-state index < -0.39 is 11.9 Å². The summed E-state index contributed by atoms with van der Waals surface area (Å²) in [5, 5.41) is 9.01. The minimum absolute atomic E-state index is 0.106. The van der Waals surface area contributed by atoms with E-state index in [0.717, 1.165) is 0 Å². The van der Waals surface area contributed by atoms with Crippen LogP contribution in [0.1, 0.15) is 38.1 Å². The van der Waals surface area contributed by atoms with Gasteiger partial charge in [0.1, 0.15) is 0 Å². The number of carboxylic acids is 1. The van der Waals surface area contributed by atoms with E-state index in [0.29, 0.717) is 42.6 Å². The maximum atomic E-state index is 12.7. The van der Waals surface area contributed by atoms with Crippen LogP contribution in [0.5, 0.6) is 17.2 Å². The number of amides is 1. The van der Waals surface area contributed by atoms with Crippen LogP contribution in [0.4, 0.5) is 0 Å². The molecule has 7 heteroatoms. The molecule has 7 nitrogen and oxygen atoms in total. The van der Waals surface area contributed by atoms with E-state index in [4.69, 9.17) is 19.3 Å². The number of carbonyl (C=O) groups is 2. The van der Waals surface area contributed by atoms with Crippen LogP contribution < -0.4 is 14.2 Å². The second-order valence-electron chi connectivity index (χ2n) is 5.53. The summed E-state index contributed by atoms with van der Waals surface area (Å²) < 4.78 is 16.8. The number of rotatable bonds is 10. The number of aliphatic carboxylic acids is 1. The molecule has 0 aromatic heterocycles. The number of carbonyl (C=O) groups excluding carboxylic acids is 1. The van der Waals surface area contributed by atoms with Gasteiger partial charge in [0.25, 0.3) is 5.91 Å². The fraction of sp³-hybridized carbons (Fsp3) is 0.556. The van der Waals surface area contributed by atoms with Gasteiger partial charge >= 0.3 is 5.97 Å². The molecule has 0 aliphatic rings. The largest absolute Gasteiger partial charge is 0.490 e. The Kier molecular flexibility index (Phi) is 8.04. The third kappa shape index (κ3) is 5.55. The monoisotopic (exact) mass is 353 g/mol. The quantitative estimate of drug-likeness (QED) is 0.696. The lowest BCUT2D eigenvalue weighted by atomic mass is 10.1. The maximum absolute atomic E-state index is 12.7. The normalized spacial score (nSPS) is 11.6. The molecule has 0 saturated heterocycles. The number of hydrogen-bond donors (Lipinski definition) is 1. The second-order valence-corrected chi connectivity index (χ2v) is 5.53. The van der Waals surface area contributed by atoms with Crippen molar-refractivity contribution >= 4 is 11.9 Å². The lowest BCUT2D eigenvalue weighted by molar-refractivity contribution is -0.141. The van der Waals surface area contributed by atoms with Gasteiger partial charge in [0.05, 0.1) is 25.7 Å². The zero-order valence-corrected chi connectivity index (χ0v) is 15.5. The Morgan fingerprint density at radius 2 is 1.52 bits per heavy atom. The summed E-state index contributed by atoms with van der Waals surface area (Å²) >= 11 is 0. The molecule has 0 fully saturated rings. The third-order valence-corrected chi connectivity index (χ3v) is 3.47. The summed E-state index contributed by atoms with van der Waals surface area (Å²) in [7, 11) is 1.57. The van der Waals surface area contributed by atoms with Crippen LogP contribution in [-0.4, -0.2) is 55.3 Å². The van der Waals surface area contributed by atoms with Gasteiger partial charge in [0.15, 0.2) is 11.5 Å². The highest BCUT2D eigenvalue weighted by molar-refractivity contribution is 5.95. The molecule has 0 aliphatic heterocycles. The molecule has 0 saturated carbocycles. The Hall–Kier alpha value is -2.44. The number of ether oxygens (including phenoxy) is 3. The molecule has 0 radical (unpaired) electrons. The first-order valence-corrected chi connectivity index (χ1v) is 8.40. The Morgan fingerprint density at radius 1 is 1.04 bits per heavy atom. The maximum Gasteiger partial charge on any atom is 0.308 e. The van der Waals surface area contributed by atoms with Crippen LogP contribution in [0.3, 0.4) is 0 Å². The zero-order valence-electron chi connectivity index (χ0n) is 15.5. The van der Waals surface area contributed by atoms with Gasteiger partial charge in [0, 0.05) is 19.2 Å². The lowest BCUT2D eigenvalue weighted by Crippen LogP contribution is -2.33. The molecule has 25 heavy (non-hydrogen) atoms. The van der Waals surface area contributed by atoms with Gasteiger partial charge in [-0.1, -0.05) is 6.92 Å². The second kappa shape index (κ2) is 9.76. The summed E-state index contributed by atoms with van der Waals surface area (Å²) in [5.74, 6) is -0.593. The number of benzene rings is 1. The van der Waals surface area contributed by atoms with Crippen molar-refractivity contribution in [3.8, 4) is 17.2 Å². The topological polar surface area (TPSA) is 85.3 Å². The van der Waals surface area contributed by atoms with Crippen LogP contribution in [0.2, 0.25) is 0 Å². The summed E-state index contributed by atoms with van der Waals surface area (Å²) in [6.45, 7) is 8.45. The molecule has 0 spiro atoms. The predicted molar refractivity (Wildman–Crippen MR) is 93.7 cm³/mol. The average molecular weight is 353 g/mol. The molecular formula is C18H27NO6. The average Bonchev–Trinajstić information content (AvgIpc) is 2.57. The summed E-state index contributed by atoms with van der Waals surface area (Å²) in [5.41, 5.74) is 0.357. The molecule has 140 valence electrons. The van der Waals surface area contributed by atoms with Crippen LogP contribution in [-0.2, 0) is 4.79 Å². The molecule has 1 N–H and O–H groups in total. The van der Waals surface area contributed by atoms with Crippen LogP contribution >= 0.6 is 0 Å². The minimum atomic E-state index is -0.948. The first-order chi connectivity index (χ1) is 11.8. The van der Waals surface area contributed by atoms with Gasteiger partial charge in [0.2, 0.25) is 5.75 Å². The zero-order chi connectivity index (χ0) is 19.0. The first kappa shape index (κ1) is 20.6. The highest BCUT2D eigenvalue weighted by Gasteiger charge is 2.22. The SMILES string of the molecule is CCOc1cc(C(=O)N(C)CC(C)C(=O)O)cc(OCC)c1OCC. The molecular weight excluding hydrogens is 326 g/mol. The molecule has 0 aliphatic carbocycles. The Morgan fingerprint density at radius 3 is 1.92 bits per heavy atom. The Balaban J connectivity index is 3.20. The summed E-state index contributed by atoms with van der Waals surface area (Å²) in [6.07, 6.45) is 0. The van der Waals surface area contributed by atoms with Gasteiger partial charge in [-0.2, -0.15) is 0 Å². The standard InChI is InChI=1S/C18H27NO6/c1-6-23-14-9-13(10-15(24-7-2)16(14)25-8-3)17(20)19(5)11-12(4)18(21)22/h9-10,12H,6-8,11H2,1-5H3,(H,21,22). The predicted octanol–water partition coefficient (Wildman–Crippen LogP) is 2.68. The Bertz CT molecular complexity index is 574. The van der Waals surface area contributed by atoms with Crippen molar-refractivity contribution in [3.05, 3.63) is 17.7 Å². The molecule has 1 amide bonds. The highest BCUT2D eigenvalue weighted by Crippen LogP contribution is 2.39. The van der Waals surface area contributed by atoms with Crippen molar-refractivity contribution in [1.82, 2.24) is 4.90 Å². The van der Waals surface area contributed by atoms with E-state index >= 15 is 0 Å². The molecule has 1 aromatic rings. The minimum Gasteiger partial charge on any atom is -0.490 e. The first-order valence-electron chi connectivity index (χ1n) is 8.40. The number of nitrogens with zero attached hydrogens (tertiary/aromatic N) is 1. The number of carboxylic acid groups (broad SMARTS) is 1. The van der Waals surface area contributed by atoms with E-state index in [9.17, 15) is 9.59 Å². The van der Waals surface area contributed by atoms with E-state index in [1.807, 2.05) is 20.8 Å². The third-order valence-electron chi connectivity index (χ3n) is 3.47.